The molecule has 0 saturated carbocycles. The zero-order valence-corrected chi connectivity index (χ0v) is 17.8. The van der Waals surface area contributed by atoms with Crippen LogP contribution < -0.4 is 10.5 Å². The molecule has 2 heterocycles. The molecule has 2 aromatic rings. The summed E-state index contributed by atoms with van der Waals surface area (Å²) in [6.07, 6.45) is 2.39. The van der Waals surface area contributed by atoms with Gasteiger partial charge in [-0.2, -0.15) is 0 Å². The number of nitrogens with two attached hydrogens (primary N) is 1. The van der Waals surface area contributed by atoms with Crippen LogP contribution in [0.1, 0.15) is 31.7 Å². The summed E-state index contributed by atoms with van der Waals surface area (Å²) >= 11 is 0. The number of hydrogen-bond acceptors (Lipinski definition) is 7. The highest BCUT2D eigenvalue weighted by molar-refractivity contribution is 7.90. The lowest BCUT2D eigenvalue weighted by atomic mass is 10.2. The van der Waals surface area contributed by atoms with Crippen molar-refractivity contribution in [2.24, 2.45) is 5.73 Å². The van der Waals surface area contributed by atoms with Crippen LogP contribution in [0.15, 0.2) is 12.4 Å². The molecular formula is C18H31N5O4S. The van der Waals surface area contributed by atoms with E-state index in [-0.39, 0.29) is 6.54 Å². The fraction of sp³-hybridized carbons (Fsp3) is 0.667. The first-order valence-corrected chi connectivity index (χ1v) is 11.0. The Balaban J connectivity index is 1.90. The molecule has 0 aliphatic carbocycles. The van der Waals surface area contributed by atoms with E-state index in [2.05, 4.69) is 14.7 Å². The third-order valence-corrected chi connectivity index (χ3v) is 6.64. The maximum absolute atomic E-state index is 11.9. The van der Waals surface area contributed by atoms with E-state index in [1.165, 1.54) is 0 Å². The molecule has 28 heavy (non-hydrogen) atoms. The third kappa shape index (κ3) is 5.95. The Morgan fingerprint density at radius 3 is 2.79 bits per heavy atom. The van der Waals surface area contributed by atoms with Crippen molar-refractivity contribution in [2.75, 3.05) is 26.9 Å². The summed E-state index contributed by atoms with van der Waals surface area (Å²) in [7, 11) is -1.70. The first kappa shape index (κ1) is 22.7. The smallest absolute Gasteiger partial charge is 0.214 e. The number of sulfonamides is 1. The SMILES string of the molecule is CCC(C)S(=O)(=O)NCCOCCn1cnc2c(CC(N)OC)nc(C)cc21. The van der Waals surface area contributed by atoms with Gasteiger partial charge in [0.05, 0.1) is 36.0 Å². The molecule has 0 spiro atoms. The summed E-state index contributed by atoms with van der Waals surface area (Å²) in [6, 6.07) is 1.98. The minimum atomic E-state index is -3.26. The van der Waals surface area contributed by atoms with Crippen molar-refractivity contribution in [2.45, 2.75) is 51.6 Å². The van der Waals surface area contributed by atoms with E-state index in [4.69, 9.17) is 15.2 Å². The van der Waals surface area contributed by atoms with Gasteiger partial charge in [0.15, 0.2) is 0 Å². The molecule has 0 aromatic carbocycles. The Morgan fingerprint density at radius 2 is 2.11 bits per heavy atom. The van der Waals surface area contributed by atoms with Crippen LogP contribution >= 0.6 is 0 Å². The lowest BCUT2D eigenvalue weighted by Gasteiger charge is -2.12. The predicted octanol–water partition coefficient (Wildman–Crippen LogP) is 0.948. The van der Waals surface area contributed by atoms with Crippen molar-refractivity contribution in [3.05, 3.63) is 23.8 Å². The van der Waals surface area contributed by atoms with Crippen LogP contribution in [0.3, 0.4) is 0 Å². The second kappa shape index (κ2) is 10.3. The second-order valence-electron chi connectivity index (χ2n) is 6.76. The number of methoxy groups -OCH3 is 1. The number of aryl methyl sites for hydroxylation is 1. The molecule has 0 fully saturated rings. The molecule has 3 N–H and O–H groups in total. The lowest BCUT2D eigenvalue weighted by molar-refractivity contribution is 0.108. The number of rotatable bonds is 12. The number of nitrogens with zero attached hydrogens (tertiary/aromatic N) is 3. The van der Waals surface area contributed by atoms with Crippen LogP contribution in [0.4, 0.5) is 0 Å². The zero-order chi connectivity index (χ0) is 20.7. The van der Waals surface area contributed by atoms with Crippen molar-refractivity contribution in [1.82, 2.24) is 19.3 Å². The molecule has 0 radical (unpaired) electrons. The van der Waals surface area contributed by atoms with Crippen LogP contribution in [0.5, 0.6) is 0 Å². The van der Waals surface area contributed by atoms with E-state index in [1.807, 2.05) is 24.5 Å². The van der Waals surface area contributed by atoms with Crippen LogP contribution in [0, 0.1) is 6.92 Å². The van der Waals surface area contributed by atoms with Gasteiger partial charge in [-0.15, -0.1) is 0 Å². The third-order valence-electron chi connectivity index (χ3n) is 4.64. The van der Waals surface area contributed by atoms with Crippen molar-refractivity contribution in [3.8, 4) is 0 Å². The Kier molecular flexibility index (Phi) is 8.32. The minimum absolute atomic E-state index is 0.263. The van der Waals surface area contributed by atoms with Gasteiger partial charge in [-0.1, -0.05) is 6.92 Å². The highest BCUT2D eigenvalue weighted by Gasteiger charge is 2.17. The van der Waals surface area contributed by atoms with Crippen molar-refractivity contribution < 1.29 is 17.9 Å². The van der Waals surface area contributed by atoms with Crippen molar-refractivity contribution >= 4 is 21.1 Å². The minimum Gasteiger partial charge on any atom is -0.378 e. The van der Waals surface area contributed by atoms with Gasteiger partial charge < -0.3 is 19.8 Å². The fourth-order valence-corrected chi connectivity index (χ4v) is 3.83. The van der Waals surface area contributed by atoms with Crippen LogP contribution in [-0.4, -0.2) is 61.3 Å². The molecule has 2 unspecified atom stereocenters. The molecule has 0 aliphatic heterocycles. The van der Waals surface area contributed by atoms with E-state index < -0.39 is 21.5 Å². The largest absolute Gasteiger partial charge is 0.378 e. The van der Waals surface area contributed by atoms with Crippen LogP contribution in [-0.2, 0) is 32.5 Å². The fourth-order valence-electron chi connectivity index (χ4n) is 2.74. The quantitative estimate of drug-likeness (QED) is 0.392. The number of aromatic nitrogens is 3. The van der Waals surface area contributed by atoms with E-state index in [1.54, 1.807) is 20.4 Å². The number of imidazole rings is 1. The molecule has 10 heteroatoms. The molecule has 0 saturated heterocycles. The molecule has 0 bridgehead atoms. The summed E-state index contributed by atoms with van der Waals surface area (Å²) < 4.78 is 39.0. The standard InChI is InChI=1S/C18H31N5O4S/c1-5-14(3)28(24,25)21-6-8-27-9-7-23-12-20-18-15(11-17(19)26-4)22-13(2)10-16(18)23/h10,12,14,17,21H,5-9,11,19H2,1-4H3. The van der Waals surface area contributed by atoms with Gasteiger partial charge in [0.1, 0.15) is 11.7 Å². The van der Waals surface area contributed by atoms with Gasteiger partial charge in [0, 0.05) is 32.3 Å². The number of pyridine rings is 1. The van der Waals surface area contributed by atoms with Crippen molar-refractivity contribution in [3.63, 3.8) is 0 Å². The summed E-state index contributed by atoms with van der Waals surface area (Å²) in [5, 5.41) is -0.401. The maximum atomic E-state index is 11.9. The van der Waals surface area contributed by atoms with Gasteiger partial charge in [-0.25, -0.2) is 18.1 Å². The maximum Gasteiger partial charge on any atom is 0.214 e. The lowest BCUT2D eigenvalue weighted by Crippen LogP contribution is -2.34. The Morgan fingerprint density at radius 1 is 1.36 bits per heavy atom. The Bertz CT molecular complexity index is 868. The average Bonchev–Trinajstić information content (AvgIpc) is 3.06. The molecule has 2 atom stereocenters. The van der Waals surface area contributed by atoms with E-state index >= 15 is 0 Å². The van der Waals surface area contributed by atoms with Gasteiger partial charge in [0.2, 0.25) is 10.0 Å². The van der Waals surface area contributed by atoms with Gasteiger partial charge in [-0.05, 0) is 26.3 Å². The first-order valence-electron chi connectivity index (χ1n) is 9.44. The van der Waals surface area contributed by atoms with Crippen LogP contribution in [0.2, 0.25) is 0 Å². The molecule has 9 nitrogen and oxygen atoms in total. The highest BCUT2D eigenvalue weighted by Crippen LogP contribution is 2.18. The number of fused-ring (bicyclic) bond motifs is 1. The van der Waals surface area contributed by atoms with Gasteiger partial charge >= 0.3 is 0 Å². The van der Waals surface area contributed by atoms with E-state index in [0.29, 0.717) is 32.6 Å². The summed E-state index contributed by atoms with van der Waals surface area (Å²) in [4.78, 5) is 9.00. The van der Waals surface area contributed by atoms with Crippen molar-refractivity contribution in [1.29, 1.82) is 0 Å². The zero-order valence-electron chi connectivity index (χ0n) is 17.0. The second-order valence-corrected chi connectivity index (χ2v) is 8.95. The summed E-state index contributed by atoms with van der Waals surface area (Å²) in [5.74, 6) is 0. The molecule has 158 valence electrons. The molecular weight excluding hydrogens is 382 g/mol. The molecule has 2 aromatic heterocycles. The van der Waals surface area contributed by atoms with E-state index in [9.17, 15) is 8.42 Å². The van der Waals surface area contributed by atoms with Gasteiger partial charge in [-0.3, -0.25) is 4.98 Å². The first-order chi connectivity index (χ1) is 13.3. The van der Waals surface area contributed by atoms with Gasteiger partial charge in [0.25, 0.3) is 0 Å². The summed E-state index contributed by atoms with van der Waals surface area (Å²) in [6.45, 7) is 7.10. The molecule has 2 rings (SSSR count). The number of hydrogen-bond donors (Lipinski definition) is 2. The summed E-state index contributed by atoms with van der Waals surface area (Å²) in [5.41, 5.74) is 9.33. The molecule has 0 amide bonds. The Hall–Kier alpha value is -1.59. The number of nitrogens with one attached hydrogen (secondary N) is 1. The predicted molar refractivity (Wildman–Crippen MR) is 108 cm³/mol. The topological polar surface area (TPSA) is 121 Å². The molecule has 0 aliphatic rings. The average molecular weight is 414 g/mol. The monoisotopic (exact) mass is 413 g/mol. The van der Waals surface area contributed by atoms with E-state index in [0.717, 1.165) is 22.4 Å². The normalized spacial score (nSPS) is 14.5. The number of ether oxygens (including phenoxy) is 2. The highest BCUT2D eigenvalue weighted by atomic mass is 32.2. The van der Waals surface area contributed by atoms with Crippen LogP contribution in [0.25, 0.3) is 11.0 Å². The Labute approximate surface area is 166 Å².